The fourth-order valence-corrected chi connectivity index (χ4v) is 4.37. The third-order valence-corrected chi connectivity index (χ3v) is 6.15. The lowest BCUT2D eigenvalue weighted by Gasteiger charge is -2.08. The third kappa shape index (κ3) is 4.38. The topological polar surface area (TPSA) is 78.8 Å². The van der Waals surface area contributed by atoms with E-state index in [2.05, 4.69) is 33.6 Å². The zero-order valence-corrected chi connectivity index (χ0v) is 20.7. The predicted octanol–water partition coefficient (Wildman–Crippen LogP) is 5.32. The molecule has 0 saturated carbocycles. The van der Waals surface area contributed by atoms with E-state index in [1.54, 1.807) is 37.6 Å². The van der Waals surface area contributed by atoms with Crippen LogP contribution >= 0.6 is 22.6 Å². The third-order valence-electron chi connectivity index (χ3n) is 5.30. The Morgan fingerprint density at radius 1 is 1.11 bits per heavy atom. The molecule has 172 valence electrons. The fourth-order valence-electron chi connectivity index (χ4n) is 3.67. The largest absolute Gasteiger partial charge is 0.496 e. The van der Waals surface area contributed by atoms with E-state index in [1.807, 2.05) is 42.5 Å². The standard InChI is InChI=1S/C27H18IN3O4/c1-3-13-34-24-12-11-17(14-20(24)28)16-29-31-26(30-21-8-5-4-7-18(21)27(31)32)25-15-19-22(33-2)9-6-10-23(19)35-25/h1,4-12,14-16H,13H2,2H3. The van der Waals surface area contributed by atoms with Crippen LogP contribution in [0, 0.1) is 15.9 Å². The number of halogens is 1. The summed E-state index contributed by atoms with van der Waals surface area (Å²) in [6.45, 7) is 0.188. The smallest absolute Gasteiger partial charge is 0.282 e. The monoisotopic (exact) mass is 575 g/mol. The number of rotatable bonds is 6. The van der Waals surface area contributed by atoms with Crippen LogP contribution in [0.4, 0.5) is 0 Å². The maximum Gasteiger partial charge on any atom is 0.282 e. The van der Waals surface area contributed by atoms with Crippen molar-refractivity contribution in [3.63, 3.8) is 0 Å². The summed E-state index contributed by atoms with van der Waals surface area (Å²) in [5.74, 6) is 4.48. The quantitative estimate of drug-likeness (QED) is 0.156. The maximum atomic E-state index is 13.4. The van der Waals surface area contributed by atoms with Crippen LogP contribution in [0.5, 0.6) is 11.5 Å². The van der Waals surface area contributed by atoms with Crippen molar-refractivity contribution in [2.45, 2.75) is 0 Å². The first-order chi connectivity index (χ1) is 17.1. The average molecular weight is 575 g/mol. The Labute approximate surface area is 214 Å². The Bertz CT molecular complexity index is 1700. The van der Waals surface area contributed by atoms with Gasteiger partial charge in [-0.1, -0.05) is 24.1 Å². The highest BCUT2D eigenvalue weighted by Gasteiger charge is 2.17. The van der Waals surface area contributed by atoms with E-state index < -0.39 is 0 Å². The molecule has 2 heterocycles. The lowest BCUT2D eigenvalue weighted by atomic mass is 10.2. The highest BCUT2D eigenvalue weighted by molar-refractivity contribution is 14.1. The van der Waals surface area contributed by atoms with E-state index in [0.717, 1.165) is 14.5 Å². The molecule has 35 heavy (non-hydrogen) atoms. The Balaban J connectivity index is 1.65. The van der Waals surface area contributed by atoms with Crippen LogP contribution in [0.3, 0.4) is 0 Å². The van der Waals surface area contributed by atoms with Crippen LogP contribution < -0.4 is 15.0 Å². The fraction of sp³-hybridized carbons (Fsp3) is 0.0741. The molecule has 2 aromatic heterocycles. The second kappa shape index (κ2) is 9.64. The molecule has 3 aromatic carbocycles. The summed E-state index contributed by atoms with van der Waals surface area (Å²) in [6, 6.07) is 20.0. The Morgan fingerprint density at radius 3 is 2.77 bits per heavy atom. The molecule has 8 heteroatoms. The van der Waals surface area contributed by atoms with Gasteiger partial charge in [0, 0.05) is 0 Å². The minimum atomic E-state index is -0.307. The van der Waals surface area contributed by atoms with Crippen molar-refractivity contribution in [3.8, 4) is 35.4 Å². The lowest BCUT2D eigenvalue weighted by Crippen LogP contribution is -2.20. The number of hydrogen-bond acceptors (Lipinski definition) is 6. The molecule has 0 aliphatic carbocycles. The molecule has 0 N–H and O–H groups in total. The van der Waals surface area contributed by atoms with Gasteiger partial charge in [0.05, 0.1) is 33.2 Å². The molecule has 0 aliphatic rings. The molecule has 0 amide bonds. The number of benzene rings is 3. The molecule has 7 nitrogen and oxygen atoms in total. The zero-order chi connectivity index (χ0) is 24.4. The number of methoxy groups -OCH3 is 1. The number of nitrogens with zero attached hydrogens (tertiary/aromatic N) is 3. The normalized spacial score (nSPS) is 11.2. The van der Waals surface area contributed by atoms with Crippen molar-refractivity contribution >= 4 is 50.7 Å². The van der Waals surface area contributed by atoms with E-state index >= 15 is 0 Å². The minimum absolute atomic E-state index is 0.188. The number of fused-ring (bicyclic) bond motifs is 2. The number of terminal acetylenes is 1. The second-order valence-electron chi connectivity index (χ2n) is 7.48. The molecule has 0 unspecified atom stereocenters. The SMILES string of the molecule is C#CCOc1ccc(C=Nn2c(-c3cc4c(OC)cccc4o3)nc3ccccc3c2=O)cc1I. The van der Waals surface area contributed by atoms with Crippen LogP contribution in [0.15, 0.2) is 81.0 Å². The van der Waals surface area contributed by atoms with Crippen LogP contribution in [0.2, 0.25) is 0 Å². The van der Waals surface area contributed by atoms with Gasteiger partial charge in [-0.15, -0.1) is 6.42 Å². The van der Waals surface area contributed by atoms with Gasteiger partial charge >= 0.3 is 0 Å². The second-order valence-corrected chi connectivity index (χ2v) is 8.64. The number of furan rings is 1. The average Bonchev–Trinajstić information content (AvgIpc) is 3.32. The molecular weight excluding hydrogens is 557 g/mol. The first kappa shape index (κ1) is 22.7. The van der Waals surface area contributed by atoms with Crippen molar-refractivity contribution in [2.75, 3.05) is 13.7 Å². The molecule has 0 aliphatic heterocycles. The first-order valence-corrected chi connectivity index (χ1v) is 11.7. The zero-order valence-electron chi connectivity index (χ0n) is 18.6. The molecule has 0 saturated heterocycles. The Kier molecular flexibility index (Phi) is 6.25. The van der Waals surface area contributed by atoms with Gasteiger partial charge in [-0.2, -0.15) is 9.78 Å². The highest BCUT2D eigenvalue weighted by Crippen LogP contribution is 2.33. The van der Waals surface area contributed by atoms with E-state index in [4.69, 9.17) is 25.3 Å². The van der Waals surface area contributed by atoms with Crippen LogP contribution in [-0.4, -0.2) is 29.6 Å². The lowest BCUT2D eigenvalue weighted by molar-refractivity contribution is 0.368. The molecule has 5 aromatic rings. The van der Waals surface area contributed by atoms with Crippen molar-refractivity contribution in [3.05, 3.63) is 86.2 Å². The van der Waals surface area contributed by atoms with Gasteiger partial charge in [-0.3, -0.25) is 4.79 Å². The van der Waals surface area contributed by atoms with Crippen molar-refractivity contribution < 1.29 is 13.9 Å². The maximum absolute atomic E-state index is 13.4. The van der Waals surface area contributed by atoms with Crippen LogP contribution in [-0.2, 0) is 0 Å². The summed E-state index contributed by atoms with van der Waals surface area (Å²) in [4.78, 5) is 18.1. The number of ether oxygens (including phenoxy) is 2. The van der Waals surface area contributed by atoms with Crippen LogP contribution in [0.25, 0.3) is 33.5 Å². The Morgan fingerprint density at radius 2 is 1.97 bits per heavy atom. The van der Waals surface area contributed by atoms with E-state index in [1.165, 1.54) is 4.68 Å². The van der Waals surface area contributed by atoms with Crippen LogP contribution in [0.1, 0.15) is 5.56 Å². The van der Waals surface area contributed by atoms with Gasteiger partial charge in [0.2, 0.25) is 5.82 Å². The minimum Gasteiger partial charge on any atom is -0.496 e. The van der Waals surface area contributed by atoms with Gasteiger partial charge in [-0.25, -0.2) is 4.98 Å². The predicted molar refractivity (Wildman–Crippen MR) is 144 cm³/mol. The molecule has 0 bridgehead atoms. The Hall–Kier alpha value is -4.10. The van der Waals surface area contributed by atoms with Crippen molar-refractivity contribution in [1.82, 2.24) is 9.66 Å². The molecular formula is C27H18IN3O4. The molecule has 0 atom stereocenters. The van der Waals surface area contributed by atoms with Crippen molar-refractivity contribution in [1.29, 1.82) is 0 Å². The number of para-hydroxylation sites is 1. The highest BCUT2D eigenvalue weighted by atomic mass is 127. The molecule has 0 fully saturated rings. The molecule has 0 spiro atoms. The summed E-state index contributed by atoms with van der Waals surface area (Å²) in [7, 11) is 1.60. The van der Waals surface area contributed by atoms with Gasteiger partial charge in [-0.05, 0) is 76.7 Å². The number of aromatic nitrogens is 2. The summed E-state index contributed by atoms with van der Waals surface area (Å²) in [6.07, 6.45) is 6.87. The number of hydrogen-bond donors (Lipinski definition) is 0. The van der Waals surface area contributed by atoms with Gasteiger partial charge in [0.15, 0.2) is 5.76 Å². The summed E-state index contributed by atoms with van der Waals surface area (Å²) in [5, 5.41) is 5.73. The van der Waals surface area contributed by atoms with E-state index in [0.29, 0.717) is 33.7 Å². The molecule has 0 radical (unpaired) electrons. The van der Waals surface area contributed by atoms with Gasteiger partial charge < -0.3 is 13.9 Å². The van der Waals surface area contributed by atoms with E-state index in [-0.39, 0.29) is 18.0 Å². The summed E-state index contributed by atoms with van der Waals surface area (Å²) >= 11 is 2.17. The van der Waals surface area contributed by atoms with Gasteiger partial charge in [0.25, 0.3) is 5.56 Å². The summed E-state index contributed by atoms with van der Waals surface area (Å²) in [5.41, 5.74) is 1.64. The molecule has 5 rings (SSSR count). The van der Waals surface area contributed by atoms with E-state index in [9.17, 15) is 4.79 Å². The van der Waals surface area contributed by atoms with Gasteiger partial charge in [0.1, 0.15) is 23.7 Å². The van der Waals surface area contributed by atoms with Crippen molar-refractivity contribution in [2.24, 2.45) is 5.10 Å². The summed E-state index contributed by atoms with van der Waals surface area (Å²) < 4.78 is 19.1. The first-order valence-electron chi connectivity index (χ1n) is 10.6.